The summed E-state index contributed by atoms with van der Waals surface area (Å²) in [6.07, 6.45) is -0.255. The molecule has 0 radical (unpaired) electrons. The molecule has 0 bridgehead atoms. The van der Waals surface area contributed by atoms with E-state index in [1.54, 1.807) is 11.9 Å². The van der Waals surface area contributed by atoms with Gasteiger partial charge in [0.15, 0.2) is 0 Å². The van der Waals surface area contributed by atoms with Crippen LogP contribution < -0.4 is 5.32 Å². The zero-order valence-corrected chi connectivity index (χ0v) is 10.3. The number of likely N-dealkylation sites (N-methyl/N-ethyl adjacent to an activating group) is 1. The van der Waals surface area contributed by atoms with E-state index >= 15 is 0 Å². The molecule has 0 aromatic carbocycles. The van der Waals surface area contributed by atoms with Gasteiger partial charge in [0.1, 0.15) is 0 Å². The molecule has 0 fully saturated rings. The quantitative estimate of drug-likeness (QED) is 0.678. The molecule has 2 nitrogen and oxygen atoms in total. The van der Waals surface area contributed by atoms with Gasteiger partial charge in [-0.15, -0.1) is 0 Å². The van der Waals surface area contributed by atoms with Gasteiger partial charge >= 0.3 is 0 Å². The Labute approximate surface area is 92.0 Å². The second-order valence-electron chi connectivity index (χ2n) is 4.34. The summed E-state index contributed by atoms with van der Waals surface area (Å²) in [5.41, 5.74) is 0. The van der Waals surface area contributed by atoms with Crippen molar-refractivity contribution in [2.45, 2.75) is 52.1 Å². The Balaban J connectivity index is 3.99. The first kappa shape index (κ1) is 14.8. The highest BCUT2D eigenvalue weighted by Gasteiger charge is 2.17. The van der Waals surface area contributed by atoms with Gasteiger partial charge < -0.3 is 5.32 Å². The molecule has 0 aliphatic rings. The number of alkyl halides is 2. The molecule has 1 N–H and O–H groups in total. The maximum Gasteiger partial charge on any atom is 0.251 e. The molecule has 1 unspecified atom stereocenters. The molecule has 0 aliphatic heterocycles. The Morgan fingerprint density at radius 3 is 2.27 bits per heavy atom. The van der Waals surface area contributed by atoms with Gasteiger partial charge in [-0.2, -0.15) is 0 Å². The summed E-state index contributed by atoms with van der Waals surface area (Å²) < 4.78 is 24.4. The monoisotopic (exact) mass is 222 g/mol. The van der Waals surface area contributed by atoms with Crippen molar-refractivity contribution in [3.8, 4) is 0 Å². The number of hydrogen-bond donors (Lipinski definition) is 1. The molecule has 15 heavy (non-hydrogen) atoms. The lowest BCUT2D eigenvalue weighted by Gasteiger charge is -2.28. The molecule has 0 aromatic heterocycles. The van der Waals surface area contributed by atoms with Crippen molar-refractivity contribution in [3.05, 3.63) is 0 Å². The van der Waals surface area contributed by atoms with Crippen LogP contribution in [0.1, 0.15) is 33.6 Å². The summed E-state index contributed by atoms with van der Waals surface area (Å²) in [7, 11) is 1.77. The molecule has 0 saturated carbocycles. The lowest BCUT2D eigenvalue weighted by atomic mass is 10.1. The van der Waals surface area contributed by atoms with E-state index in [1.165, 1.54) is 0 Å². The van der Waals surface area contributed by atoms with Crippen molar-refractivity contribution in [2.24, 2.45) is 0 Å². The van der Waals surface area contributed by atoms with Crippen LogP contribution in [0.2, 0.25) is 0 Å². The third-order valence-corrected chi connectivity index (χ3v) is 2.43. The fourth-order valence-corrected chi connectivity index (χ4v) is 1.55. The molecule has 1 atom stereocenters. The minimum Gasteiger partial charge on any atom is -0.313 e. The Morgan fingerprint density at radius 2 is 1.87 bits per heavy atom. The largest absolute Gasteiger partial charge is 0.313 e. The Bertz CT molecular complexity index is 152. The predicted molar refractivity (Wildman–Crippen MR) is 60.5 cm³/mol. The molecule has 0 saturated heterocycles. The number of halogens is 2. The van der Waals surface area contributed by atoms with Crippen molar-refractivity contribution in [1.29, 1.82) is 0 Å². The molecule has 0 aliphatic carbocycles. The molecule has 0 amide bonds. The van der Waals surface area contributed by atoms with Crippen LogP contribution in [-0.4, -0.2) is 43.5 Å². The average Bonchev–Trinajstić information content (AvgIpc) is 2.10. The van der Waals surface area contributed by atoms with E-state index in [1.807, 2.05) is 0 Å². The fourth-order valence-electron chi connectivity index (χ4n) is 1.55. The van der Waals surface area contributed by atoms with Gasteiger partial charge in [-0.1, -0.05) is 27.2 Å². The summed E-state index contributed by atoms with van der Waals surface area (Å²) in [4.78, 5) is 1.75. The van der Waals surface area contributed by atoms with Crippen molar-refractivity contribution in [3.63, 3.8) is 0 Å². The Morgan fingerprint density at radius 1 is 1.27 bits per heavy atom. The van der Waals surface area contributed by atoms with Crippen molar-refractivity contribution >= 4 is 0 Å². The minimum absolute atomic E-state index is 0.134. The minimum atomic E-state index is -2.24. The average molecular weight is 222 g/mol. The van der Waals surface area contributed by atoms with Crippen molar-refractivity contribution in [1.82, 2.24) is 10.2 Å². The summed E-state index contributed by atoms with van der Waals surface area (Å²) in [6, 6.07) is 0.621. The molecule has 0 spiro atoms. The van der Waals surface area contributed by atoms with E-state index in [0.717, 1.165) is 19.4 Å². The summed E-state index contributed by atoms with van der Waals surface area (Å²) >= 11 is 0. The maximum absolute atomic E-state index is 12.2. The highest BCUT2D eigenvalue weighted by molar-refractivity contribution is 4.72. The van der Waals surface area contributed by atoms with Crippen LogP contribution in [0.5, 0.6) is 0 Å². The predicted octanol–water partition coefficient (Wildman–Crippen LogP) is 2.35. The van der Waals surface area contributed by atoms with E-state index < -0.39 is 6.43 Å². The standard InChI is InChI=1S/C11H24F2N2/c1-5-6-10(7-14-9(2)3)15(4)8-11(12)13/h9-11,14H,5-8H2,1-4H3. The number of hydrogen-bond acceptors (Lipinski definition) is 2. The van der Waals surface area contributed by atoms with Crippen LogP contribution in [0, 0.1) is 0 Å². The first-order valence-corrected chi connectivity index (χ1v) is 5.69. The third kappa shape index (κ3) is 7.68. The number of nitrogens with one attached hydrogen (secondary N) is 1. The van der Waals surface area contributed by atoms with Gasteiger partial charge in [0.2, 0.25) is 0 Å². The topological polar surface area (TPSA) is 15.3 Å². The number of rotatable bonds is 8. The van der Waals surface area contributed by atoms with E-state index in [-0.39, 0.29) is 12.6 Å². The van der Waals surface area contributed by atoms with Crippen LogP contribution in [-0.2, 0) is 0 Å². The van der Waals surface area contributed by atoms with E-state index in [9.17, 15) is 8.78 Å². The number of nitrogens with zero attached hydrogens (tertiary/aromatic N) is 1. The van der Waals surface area contributed by atoms with Gasteiger partial charge in [0.25, 0.3) is 6.43 Å². The van der Waals surface area contributed by atoms with Crippen molar-refractivity contribution in [2.75, 3.05) is 20.1 Å². The van der Waals surface area contributed by atoms with E-state index in [2.05, 4.69) is 26.1 Å². The maximum atomic E-state index is 12.2. The highest BCUT2D eigenvalue weighted by Crippen LogP contribution is 2.07. The van der Waals surface area contributed by atoms with E-state index in [4.69, 9.17) is 0 Å². The Hall–Kier alpha value is -0.220. The molecule has 0 rings (SSSR count). The molecule has 92 valence electrons. The van der Waals surface area contributed by atoms with Crippen LogP contribution >= 0.6 is 0 Å². The van der Waals surface area contributed by atoms with Crippen LogP contribution in [0.25, 0.3) is 0 Å². The Kier molecular flexibility index (Phi) is 7.88. The molecule has 0 heterocycles. The zero-order valence-electron chi connectivity index (χ0n) is 10.3. The van der Waals surface area contributed by atoms with Crippen LogP contribution in [0.15, 0.2) is 0 Å². The summed E-state index contributed by atoms with van der Waals surface area (Å²) in [5, 5.41) is 3.30. The molecule has 0 aromatic rings. The summed E-state index contributed by atoms with van der Waals surface area (Å²) in [6.45, 7) is 6.87. The van der Waals surface area contributed by atoms with Crippen LogP contribution in [0.4, 0.5) is 8.78 Å². The lowest BCUT2D eigenvalue weighted by Crippen LogP contribution is -2.43. The van der Waals surface area contributed by atoms with Gasteiger partial charge in [-0.25, -0.2) is 8.78 Å². The highest BCUT2D eigenvalue weighted by atomic mass is 19.3. The lowest BCUT2D eigenvalue weighted by molar-refractivity contribution is 0.0775. The van der Waals surface area contributed by atoms with Crippen LogP contribution in [0.3, 0.4) is 0 Å². The second-order valence-corrected chi connectivity index (χ2v) is 4.34. The first-order valence-electron chi connectivity index (χ1n) is 5.69. The summed E-state index contributed by atoms with van der Waals surface area (Å²) in [5.74, 6) is 0. The third-order valence-electron chi connectivity index (χ3n) is 2.43. The molecular weight excluding hydrogens is 198 g/mol. The van der Waals surface area contributed by atoms with Crippen molar-refractivity contribution < 1.29 is 8.78 Å². The van der Waals surface area contributed by atoms with Gasteiger partial charge in [-0.05, 0) is 13.5 Å². The first-order chi connectivity index (χ1) is 6.97. The molecular formula is C11H24F2N2. The fraction of sp³-hybridized carbons (Fsp3) is 1.00. The van der Waals surface area contributed by atoms with E-state index in [0.29, 0.717) is 6.04 Å². The smallest absolute Gasteiger partial charge is 0.251 e. The van der Waals surface area contributed by atoms with Gasteiger partial charge in [0.05, 0.1) is 6.54 Å². The SMILES string of the molecule is CCCC(CNC(C)C)N(C)CC(F)F. The van der Waals surface area contributed by atoms with Gasteiger partial charge in [0, 0.05) is 18.6 Å². The van der Waals surface area contributed by atoms with Gasteiger partial charge in [-0.3, -0.25) is 4.90 Å². The molecule has 4 heteroatoms. The normalized spacial score (nSPS) is 14.2. The second kappa shape index (κ2) is 7.99. The zero-order chi connectivity index (χ0) is 11.8.